The Morgan fingerprint density at radius 1 is 0.637 bits per heavy atom. The molecule has 0 saturated carbocycles. The summed E-state index contributed by atoms with van der Waals surface area (Å²) in [7, 11) is 0. The molecule has 0 spiro atoms. The maximum Gasteiger partial charge on any atom is 0.269 e. The highest BCUT2D eigenvalue weighted by Crippen LogP contribution is 2.52. The van der Waals surface area contributed by atoms with Crippen molar-refractivity contribution in [2.45, 2.75) is 91.4 Å². The predicted octanol–water partition coefficient (Wildman–Crippen LogP) is 19.1. The van der Waals surface area contributed by atoms with Crippen LogP contribution in [0.15, 0.2) is 200 Å². The molecule has 0 fully saturated rings. The van der Waals surface area contributed by atoms with E-state index in [1.807, 2.05) is 97.2 Å². The Balaban J connectivity index is 1.06. The number of benzene rings is 9. The van der Waals surface area contributed by atoms with Crippen molar-refractivity contribution in [2.24, 2.45) is 5.89 Å². The third-order valence-electron chi connectivity index (χ3n) is 15.7. The van der Waals surface area contributed by atoms with Gasteiger partial charge in [0.1, 0.15) is 17.3 Å². The zero-order valence-corrected chi connectivity index (χ0v) is 44.0. The maximum absolute atomic E-state index is 10.3. The molecule has 14 rings (SSSR count). The Hall–Kier alpha value is -8.80. The molecule has 12 aromatic rings. The highest BCUT2D eigenvalue weighted by molar-refractivity contribution is 6.09. The first-order valence-electron chi connectivity index (χ1n) is 38.3. The van der Waals surface area contributed by atoms with Crippen LogP contribution in [0.3, 0.4) is 0 Å². The summed E-state index contributed by atoms with van der Waals surface area (Å²) in [6, 6.07) is 47.5. The van der Waals surface area contributed by atoms with E-state index in [4.69, 9.17) is 34.4 Å². The molecule has 0 N–H and O–H groups in total. The van der Waals surface area contributed by atoms with E-state index in [2.05, 4.69) is 43.8 Å². The summed E-state index contributed by atoms with van der Waals surface area (Å²) in [5.41, 5.74) is -6.12. The number of hydrogen-bond acceptors (Lipinski definition) is 2. The molecule has 2 aliphatic rings. The van der Waals surface area contributed by atoms with Gasteiger partial charge < -0.3 is 4.74 Å². The molecule has 1 atom stereocenters. The fraction of sp³-hybridized carbons (Fsp3) is 0.200. The molecule has 0 amide bonds. The minimum atomic E-state index is -4.22. The lowest BCUT2D eigenvalue weighted by molar-refractivity contribution is -0.570. The number of hydrogen-bond donors (Lipinski definition) is 0. The van der Waals surface area contributed by atoms with Crippen molar-refractivity contribution in [2.75, 3.05) is 0 Å². The Morgan fingerprint density at radius 3 is 2.15 bits per heavy atom. The number of pyridine rings is 1. The average molecular weight is 1060 g/mol. The first-order chi connectivity index (χ1) is 48.3. The first kappa shape index (κ1) is 30.0. The lowest BCUT2D eigenvalue weighted by atomic mass is 9.58. The number of imidazole rings is 1. The van der Waals surface area contributed by atoms with Crippen molar-refractivity contribution >= 4 is 32.8 Å². The Morgan fingerprint density at radius 2 is 1.34 bits per heavy atom. The third-order valence-corrected chi connectivity index (χ3v) is 15.7. The SMILES string of the molecule is [2H]c1c([2H])c2c(c([2H])c1-c1ccc3c(c1)-c1cccc(-c4c(C([2H])([2H])[2H])cccc4C([2H])([2H])[2H])c1-[n+]1[c-]n(-c4cccc(Oc5ccc6c7ccccc7n(-c7cc(C(C)(C)C)ccn7)c6c5)c4)c4cccc(c41)-c1ccccc1-3)C(C([2H])([2H])[2H])(C([2H])([2H])[2H])C([2H])(C)C([2H])([2H])C2(C([2H])([2H])[2H])C([2H])([2H])[2H]. The molecular formula is C75H66N4O. The topological polar surface area (TPSA) is 35.9 Å². The van der Waals surface area contributed by atoms with Crippen LogP contribution in [0, 0.1) is 25.9 Å². The van der Waals surface area contributed by atoms with Crippen molar-refractivity contribution in [1.82, 2.24) is 14.1 Å². The van der Waals surface area contributed by atoms with Crippen molar-refractivity contribution < 1.29 is 42.2 Å². The number of fused-ring (bicyclic) bond motifs is 11. The molecular weight excluding hydrogens is 973 g/mol. The molecule has 392 valence electrons. The van der Waals surface area contributed by atoms with E-state index in [1.165, 1.54) is 30.3 Å². The average Bonchev–Trinajstić information content (AvgIpc) is 0.767. The van der Waals surface area contributed by atoms with Gasteiger partial charge in [-0.2, -0.15) is 0 Å². The molecule has 1 unspecified atom stereocenters. The van der Waals surface area contributed by atoms with E-state index in [0.717, 1.165) is 33.2 Å². The second-order valence-electron chi connectivity index (χ2n) is 21.7. The van der Waals surface area contributed by atoms with Crippen molar-refractivity contribution in [3.63, 3.8) is 0 Å². The van der Waals surface area contributed by atoms with Gasteiger partial charge >= 0.3 is 0 Å². The summed E-state index contributed by atoms with van der Waals surface area (Å²) >= 11 is 0. The molecule has 4 heterocycles. The lowest BCUT2D eigenvalue weighted by Crippen LogP contribution is -2.40. The molecule has 0 bridgehead atoms. The van der Waals surface area contributed by atoms with E-state index in [0.29, 0.717) is 57.4 Å². The Kier molecular flexibility index (Phi) is 6.79. The summed E-state index contributed by atoms with van der Waals surface area (Å²) in [5.74, 6) is -2.20. The predicted molar refractivity (Wildman–Crippen MR) is 331 cm³/mol. The second kappa shape index (κ2) is 18.1. The van der Waals surface area contributed by atoms with Crippen LogP contribution in [-0.2, 0) is 16.2 Å². The van der Waals surface area contributed by atoms with E-state index < -0.39 is 99.0 Å². The number of aryl methyl sites for hydroxylation is 2. The smallest absolute Gasteiger partial charge is 0.269 e. The van der Waals surface area contributed by atoms with Gasteiger partial charge in [0.15, 0.2) is 0 Å². The summed E-state index contributed by atoms with van der Waals surface area (Å²) in [5, 5.41) is 1.98. The molecule has 5 heteroatoms. The Labute approximate surface area is 504 Å². The molecule has 0 radical (unpaired) electrons. The van der Waals surface area contributed by atoms with Crippen LogP contribution in [-0.4, -0.2) is 14.1 Å². The number of ether oxygens (including phenoxy) is 1. The molecule has 5 nitrogen and oxygen atoms in total. The quantitative estimate of drug-likeness (QED) is 0.123. The standard InChI is InChI=1S/C75H66N4O/c1-46-19-15-20-47(2)70(46)62-28-17-26-61-63-39-49(50-32-36-64-65(40-50)75(9,10)48(3)44-74(64,7)8)31-34-57(63)55-23-11-12-24-56(55)60-27-18-30-67-72(60)78(71(61)62)45-77(67)52-21-16-22-53(42-52)80-54-33-35-59-58-25-13-14-29-66(58)79(68(59)43-54)69-41-51(37-38-76-69)73(4,5)6/h11-43,48H,44H2,1-10H3/i1D3,2D3,7D3,8D3,9D3,10D3,32D,36D,40D,44D2,48D. The summed E-state index contributed by atoms with van der Waals surface area (Å²) in [6.45, 7) is -15.6. The van der Waals surface area contributed by atoms with Gasteiger partial charge in [-0.1, -0.05) is 188 Å². The zero-order chi connectivity index (χ0) is 75.3. The van der Waals surface area contributed by atoms with E-state index in [9.17, 15) is 8.22 Å². The van der Waals surface area contributed by atoms with Gasteiger partial charge in [0.2, 0.25) is 0 Å². The Bertz CT molecular complexity index is 5500. The minimum Gasteiger partial charge on any atom is -0.458 e. The normalized spacial score (nSPS) is 22.1. The fourth-order valence-corrected chi connectivity index (χ4v) is 11.7. The van der Waals surface area contributed by atoms with Crippen molar-refractivity contribution in [1.29, 1.82) is 0 Å². The van der Waals surface area contributed by atoms with Gasteiger partial charge in [-0.05, 0) is 180 Å². The van der Waals surface area contributed by atoms with Gasteiger partial charge in [0.05, 0.1) is 37.6 Å². The third kappa shape index (κ3) is 7.80. The lowest BCUT2D eigenvalue weighted by Gasteiger charge is -2.46. The summed E-state index contributed by atoms with van der Waals surface area (Å²) in [6.07, 6.45) is 1.19. The fourth-order valence-electron chi connectivity index (χ4n) is 11.7. The number of nitrogens with zero attached hydrogens (tertiary/aromatic N) is 4. The van der Waals surface area contributed by atoms with Gasteiger partial charge in [-0.15, -0.1) is 0 Å². The van der Waals surface area contributed by atoms with Gasteiger partial charge in [0, 0.05) is 51.8 Å². The van der Waals surface area contributed by atoms with Gasteiger partial charge in [0.25, 0.3) is 6.33 Å². The first-order valence-corrected chi connectivity index (χ1v) is 26.3. The largest absolute Gasteiger partial charge is 0.458 e. The van der Waals surface area contributed by atoms with E-state index in [1.54, 1.807) is 51.6 Å². The molecule has 3 aromatic heterocycles. The number of aromatic nitrogens is 4. The number of rotatable bonds is 6. The van der Waals surface area contributed by atoms with E-state index >= 15 is 0 Å². The van der Waals surface area contributed by atoms with Crippen LogP contribution in [0.5, 0.6) is 11.5 Å². The van der Waals surface area contributed by atoms with Gasteiger partial charge in [-0.3, -0.25) is 13.7 Å². The molecule has 80 heavy (non-hydrogen) atoms. The number of para-hydroxylation sites is 3. The second-order valence-corrected chi connectivity index (χ2v) is 21.7. The molecule has 1 aliphatic heterocycles. The van der Waals surface area contributed by atoms with Crippen molar-refractivity contribution in [3.05, 3.63) is 234 Å². The maximum atomic E-state index is 10.3. The van der Waals surface area contributed by atoms with Crippen LogP contribution in [0.4, 0.5) is 0 Å². The molecule has 9 aromatic carbocycles. The van der Waals surface area contributed by atoms with Crippen molar-refractivity contribution in [3.8, 4) is 84.3 Å². The monoisotopic (exact) mass is 1060 g/mol. The van der Waals surface area contributed by atoms with Crippen LogP contribution < -0.4 is 9.30 Å². The van der Waals surface area contributed by atoms with Crippen LogP contribution in [0.25, 0.3) is 106 Å². The van der Waals surface area contributed by atoms with Gasteiger partial charge in [-0.25, -0.2) is 4.98 Å². The zero-order valence-electron chi connectivity index (χ0n) is 68.0. The highest BCUT2D eigenvalue weighted by atomic mass is 16.5. The highest BCUT2D eigenvalue weighted by Gasteiger charge is 2.42. The summed E-state index contributed by atoms with van der Waals surface area (Å²) in [4.78, 5) is 4.85. The van der Waals surface area contributed by atoms with Crippen LogP contribution >= 0.6 is 0 Å². The van der Waals surface area contributed by atoms with Crippen LogP contribution in [0.1, 0.15) is 122 Å². The van der Waals surface area contributed by atoms with Crippen LogP contribution in [0.2, 0.25) is 0 Å². The summed E-state index contributed by atoms with van der Waals surface area (Å²) < 4.78 is 233. The molecule has 1 aliphatic carbocycles. The van der Waals surface area contributed by atoms with E-state index in [-0.39, 0.29) is 50.0 Å². The molecule has 0 saturated heterocycles. The minimum absolute atomic E-state index is 0.0578.